The number of methoxy groups -OCH3 is 1. The van der Waals surface area contributed by atoms with Crippen LogP contribution in [-0.2, 0) is 16.1 Å². The van der Waals surface area contributed by atoms with Crippen molar-refractivity contribution in [2.24, 2.45) is 0 Å². The van der Waals surface area contributed by atoms with Crippen LogP contribution in [0.5, 0.6) is 0 Å². The van der Waals surface area contributed by atoms with Gasteiger partial charge in [0.1, 0.15) is 11.6 Å². The molecule has 0 radical (unpaired) electrons. The van der Waals surface area contributed by atoms with Gasteiger partial charge in [-0.15, -0.1) is 10.2 Å². The third kappa shape index (κ3) is 2.30. The van der Waals surface area contributed by atoms with Crippen LogP contribution in [0, 0.1) is 0 Å². The van der Waals surface area contributed by atoms with E-state index in [0.717, 1.165) is 5.01 Å². The molecule has 1 aromatic heterocycles. The SMILES string of the molecule is COCc1nnc(N2CC(S)CC2=O)s1. The molecule has 15 heavy (non-hydrogen) atoms. The summed E-state index contributed by atoms with van der Waals surface area (Å²) in [6.07, 6.45) is 0.475. The van der Waals surface area contributed by atoms with Crippen LogP contribution in [-0.4, -0.2) is 35.0 Å². The van der Waals surface area contributed by atoms with E-state index in [9.17, 15) is 4.79 Å². The molecule has 1 amide bonds. The maximum absolute atomic E-state index is 11.5. The predicted molar refractivity (Wildman–Crippen MR) is 60.4 cm³/mol. The number of thiol groups is 1. The van der Waals surface area contributed by atoms with Gasteiger partial charge in [0.05, 0.1) is 0 Å². The van der Waals surface area contributed by atoms with Crippen LogP contribution < -0.4 is 4.90 Å². The zero-order chi connectivity index (χ0) is 10.8. The molecule has 1 aliphatic heterocycles. The molecule has 1 unspecified atom stereocenters. The quantitative estimate of drug-likeness (QED) is 0.797. The van der Waals surface area contributed by atoms with Crippen LogP contribution in [0.4, 0.5) is 5.13 Å². The van der Waals surface area contributed by atoms with Gasteiger partial charge in [0.2, 0.25) is 11.0 Å². The molecule has 1 fully saturated rings. The Kier molecular flexibility index (Phi) is 3.22. The summed E-state index contributed by atoms with van der Waals surface area (Å²) in [6.45, 7) is 1.05. The van der Waals surface area contributed by atoms with Crippen LogP contribution >= 0.6 is 24.0 Å². The van der Waals surface area contributed by atoms with Gasteiger partial charge in [0.25, 0.3) is 0 Å². The Morgan fingerprint density at radius 2 is 2.47 bits per heavy atom. The normalized spacial score (nSPS) is 21.3. The lowest BCUT2D eigenvalue weighted by molar-refractivity contribution is -0.117. The predicted octanol–water partition coefficient (Wildman–Crippen LogP) is 0.720. The second-order valence-electron chi connectivity index (χ2n) is 3.27. The molecule has 82 valence electrons. The van der Waals surface area contributed by atoms with Crippen LogP contribution in [0.15, 0.2) is 0 Å². The van der Waals surface area contributed by atoms with E-state index >= 15 is 0 Å². The maximum atomic E-state index is 11.5. The summed E-state index contributed by atoms with van der Waals surface area (Å²) in [5.74, 6) is 0.0649. The highest BCUT2D eigenvalue weighted by Crippen LogP contribution is 2.26. The number of ether oxygens (including phenoxy) is 1. The van der Waals surface area contributed by atoms with Crippen molar-refractivity contribution in [3.63, 3.8) is 0 Å². The number of hydrogen-bond donors (Lipinski definition) is 1. The molecule has 1 aromatic rings. The van der Waals surface area contributed by atoms with E-state index in [1.807, 2.05) is 0 Å². The van der Waals surface area contributed by atoms with Crippen molar-refractivity contribution in [1.29, 1.82) is 0 Å². The largest absolute Gasteiger partial charge is 0.377 e. The first-order valence-corrected chi connectivity index (χ1v) is 5.83. The summed E-state index contributed by atoms with van der Waals surface area (Å²) in [4.78, 5) is 13.2. The van der Waals surface area contributed by atoms with E-state index in [4.69, 9.17) is 4.74 Å². The van der Waals surface area contributed by atoms with E-state index in [1.54, 1.807) is 12.0 Å². The summed E-state index contributed by atoms with van der Waals surface area (Å²) in [7, 11) is 1.60. The lowest BCUT2D eigenvalue weighted by Gasteiger charge is -2.09. The van der Waals surface area contributed by atoms with E-state index < -0.39 is 0 Å². The van der Waals surface area contributed by atoms with E-state index in [1.165, 1.54) is 11.3 Å². The Labute approximate surface area is 96.9 Å². The monoisotopic (exact) mass is 245 g/mol. The second kappa shape index (κ2) is 4.46. The number of rotatable bonds is 3. The van der Waals surface area contributed by atoms with Crippen molar-refractivity contribution in [3.05, 3.63) is 5.01 Å². The van der Waals surface area contributed by atoms with Crippen molar-refractivity contribution < 1.29 is 9.53 Å². The van der Waals surface area contributed by atoms with Gasteiger partial charge < -0.3 is 4.74 Å². The third-order valence-corrected chi connectivity index (χ3v) is 3.33. The average molecular weight is 245 g/mol. The lowest BCUT2D eigenvalue weighted by Crippen LogP contribution is -2.24. The van der Waals surface area contributed by atoms with E-state index in [0.29, 0.717) is 24.7 Å². The van der Waals surface area contributed by atoms with Crippen molar-refractivity contribution >= 4 is 35.0 Å². The van der Waals surface area contributed by atoms with E-state index in [2.05, 4.69) is 22.8 Å². The van der Waals surface area contributed by atoms with Crippen LogP contribution in [0.2, 0.25) is 0 Å². The third-order valence-electron chi connectivity index (χ3n) is 2.06. The molecule has 0 N–H and O–H groups in total. The molecule has 7 heteroatoms. The molecule has 1 saturated heterocycles. The van der Waals surface area contributed by atoms with Gasteiger partial charge in [0, 0.05) is 25.3 Å². The van der Waals surface area contributed by atoms with Gasteiger partial charge in [-0.05, 0) is 0 Å². The molecule has 2 heterocycles. The molecule has 0 saturated carbocycles. The highest BCUT2D eigenvalue weighted by Gasteiger charge is 2.30. The van der Waals surface area contributed by atoms with Gasteiger partial charge in [0.15, 0.2) is 0 Å². The number of carbonyl (C=O) groups is 1. The smallest absolute Gasteiger partial charge is 0.230 e. The molecule has 1 atom stereocenters. The average Bonchev–Trinajstić information content (AvgIpc) is 2.73. The Morgan fingerprint density at radius 1 is 1.67 bits per heavy atom. The first kappa shape index (κ1) is 10.8. The van der Waals surface area contributed by atoms with Crippen LogP contribution in [0.25, 0.3) is 0 Å². The fourth-order valence-electron chi connectivity index (χ4n) is 1.41. The van der Waals surface area contributed by atoms with Gasteiger partial charge in [-0.3, -0.25) is 9.69 Å². The zero-order valence-corrected chi connectivity index (χ0v) is 9.92. The highest BCUT2D eigenvalue weighted by molar-refractivity contribution is 7.81. The van der Waals surface area contributed by atoms with Crippen LogP contribution in [0.1, 0.15) is 11.4 Å². The maximum Gasteiger partial charge on any atom is 0.230 e. The molecule has 0 bridgehead atoms. The lowest BCUT2D eigenvalue weighted by atomic mass is 10.4. The molecular formula is C8H11N3O2S2. The first-order chi connectivity index (χ1) is 7.20. The highest BCUT2D eigenvalue weighted by atomic mass is 32.1. The van der Waals surface area contributed by atoms with Crippen molar-refractivity contribution in [3.8, 4) is 0 Å². The molecule has 1 aliphatic rings. The Bertz CT molecular complexity index is 369. The van der Waals surface area contributed by atoms with Crippen molar-refractivity contribution in [1.82, 2.24) is 10.2 Å². The summed E-state index contributed by atoms with van der Waals surface area (Å²) in [6, 6.07) is 0. The fourth-order valence-corrected chi connectivity index (χ4v) is 2.57. The second-order valence-corrected chi connectivity index (χ2v) is 5.04. The summed E-state index contributed by atoms with van der Waals surface area (Å²) in [5, 5.41) is 9.42. The summed E-state index contributed by atoms with van der Waals surface area (Å²) < 4.78 is 4.94. The molecule has 2 rings (SSSR count). The number of amides is 1. The topological polar surface area (TPSA) is 55.3 Å². The number of nitrogens with zero attached hydrogens (tertiary/aromatic N) is 3. The van der Waals surface area contributed by atoms with Crippen molar-refractivity contribution in [2.75, 3.05) is 18.6 Å². The molecular weight excluding hydrogens is 234 g/mol. The number of anilines is 1. The van der Waals surface area contributed by atoms with Gasteiger partial charge in [-0.1, -0.05) is 11.3 Å². The van der Waals surface area contributed by atoms with Crippen LogP contribution in [0.3, 0.4) is 0 Å². The van der Waals surface area contributed by atoms with Gasteiger partial charge in [-0.25, -0.2) is 0 Å². The number of aromatic nitrogens is 2. The molecule has 0 aromatic carbocycles. The summed E-state index contributed by atoms with van der Waals surface area (Å²) >= 11 is 5.66. The number of hydrogen-bond acceptors (Lipinski definition) is 6. The van der Waals surface area contributed by atoms with E-state index in [-0.39, 0.29) is 11.2 Å². The Morgan fingerprint density at radius 3 is 3.07 bits per heavy atom. The Hall–Kier alpha value is -0.660. The minimum Gasteiger partial charge on any atom is -0.377 e. The van der Waals surface area contributed by atoms with Gasteiger partial charge in [-0.2, -0.15) is 12.6 Å². The number of carbonyl (C=O) groups excluding carboxylic acids is 1. The minimum atomic E-state index is 0.0649. The Balaban J connectivity index is 2.12. The van der Waals surface area contributed by atoms with Crippen molar-refractivity contribution in [2.45, 2.75) is 18.3 Å². The first-order valence-electron chi connectivity index (χ1n) is 4.50. The summed E-state index contributed by atoms with van der Waals surface area (Å²) in [5.41, 5.74) is 0. The molecule has 0 aliphatic carbocycles. The minimum absolute atomic E-state index is 0.0649. The standard InChI is InChI=1S/C8H11N3O2S2/c1-13-4-6-9-10-8(15-6)11-3-5(14)2-7(11)12/h5,14H,2-4H2,1H3. The molecule has 0 spiro atoms. The molecule has 5 nitrogen and oxygen atoms in total. The fraction of sp³-hybridized carbons (Fsp3) is 0.625. The zero-order valence-electron chi connectivity index (χ0n) is 8.21. The van der Waals surface area contributed by atoms with Gasteiger partial charge >= 0.3 is 0 Å².